The molecule has 1 amide bonds. The van der Waals surface area contributed by atoms with Crippen LogP contribution in [0.1, 0.15) is 42.7 Å². The Morgan fingerprint density at radius 3 is 2.85 bits per heavy atom. The van der Waals surface area contributed by atoms with Gasteiger partial charge in [-0.1, -0.05) is 25.4 Å². The second-order valence-electron chi connectivity index (χ2n) is 5.89. The number of hydrogen-bond acceptors (Lipinski definition) is 3. The van der Waals surface area contributed by atoms with Crippen LogP contribution in [0.15, 0.2) is 0 Å². The third kappa shape index (κ3) is 2.69. The zero-order valence-electron chi connectivity index (χ0n) is 12.3. The van der Waals surface area contributed by atoms with Crippen molar-refractivity contribution in [2.45, 2.75) is 33.1 Å². The van der Waals surface area contributed by atoms with Crippen LogP contribution in [0.4, 0.5) is 0 Å². The molecule has 0 aliphatic carbocycles. The number of aromatic nitrogens is 2. The van der Waals surface area contributed by atoms with Gasteiger partial charge in [0.15, 0.2) is 0 Å². The maximum Gasteiger partial charge on any atom is 0.258 e. The summed E-state index contributed by atoms with van der Waals surface area (Å²) in [5.41, 5.74) is 1.03. The molecule has 1 aliphatic heterocycles. The van der Waals surface area contributed by atoms with E-state index in [1.54, 1.807) is 16.6 Å². The molecule has 1 atom stereocenters. The Bertz CT molecular complexity index is 515. The highest BCUT2D eigenvalue weighted by atomic mass is 35.5. The summed E-state index contributed by atoms with van der Waals surface area (Å²) in [5, 5.41) is 14.2. The Hall–Kier alpha value is -1.07. The van der Waals surface area contributed by atoms with Crippen LogP contribution in [0, 0.1) is 5.41 Å². The lowest BCUT2D eigenvalue weighted by Crippen LogP contribution is -2.46. The van der Waals surface area contributed by atoms with Gasteiger partial charge < -0.3 is 10.0 Å². The van der Waals surface area contributed by atoms with Crippen molar-refractivity contribution in [1.29, 1.82) is 0 Å². The monoisotopic (exact) mass is 299 g/mol. The van der Waals surface area contributed by atoms with E-state index in [4.69, 9.17) is 11.6 Å². The molecule has 6 heteroatoms. The minimum atomic E-state index is -0.213. The van der Waals surface area contributed by atoms with Gasteiger partial charge in [-0.05, 0) is 19.3 Å². The van der Waals surface area contributed by atoms with Gasteiger partial charge >= 0.3 is 0 Å². The van der Waals surface area contributed by atoms with E-state index in [1.807, 2.05) is 13.8 Å². The van der Waals surface area contributed by atoms with E-state index < -0.39 is 0 Å². The second kappa shape index (κ2) is 5.74. The molecule has 20 heavy (non-hydrogen) atoms. The average Bonchev–Trinajstić information content (AvgIpc) is 2.73. The summed E-state index contributed by atoms with van der Waals surface area (Å²) in [7, 11) is 1.74. The molecule has 0 aromatic carbocycles. The number of aliphatic hydroxyl groups excluding tert-OH is 1. The van der Waals surface area contributed by atoms with Crippen molar-refractivity contribution >= 4 is 17.5 Å². The largest absolute Gasteiger partial charge is 0.396 e. The van der Waals surface area contributed by atoms with Gasteiger partial charge in [-0.15, -0.1) is 0 Å². The molecule has 2 rings (SSSR count). The molecule has 1 aromatic heterocycles. The Balaban J connectivity index is 2.27. The van der Waals surface area contributed by atoms with Crippen LogP contribution in [0.5, 0.6) is 0 Å². The Kier molecular flexibility index (Phi) is 4.39. The van der Waals surface area contributed by atoms with Gasteiger partial charge in [0, 0.05) is 25.6 Å². The topological polar surface area (TPSA) is 58.4 Å². The first kappa shape index (κ1) is 15.3. The van der Waals surface area contributed by atoms with E-state index in [-0.39, 0.29) is 17.9 Å². The van der Waals surface area contributed by atoms with Crippen molar-refractivity contribution in [2.24, 2.45) is 12.5 Å². The lowest BCUT2D eigenvalue weighted by molar-refractivity contribution is 0.0357. The van der Waals surface area contributed by atoms with E-state index in [0.717, 1.165) is 18.5 Å². The van der Waals surface area contributed by atoms with Gasteiger partial charge in [0.1, 0.15) is 5.15 Å². The van der Waals surface area contributed by atoms with Gasteiger partial charge in [-0.2, -0.15) is 5.10 Å². The number of likely N-dealkylation sites (tertiary alicyclic amines) is 1. The molecule has 1 saturated heterocycles. The van der Waals surface area contributed by atoms with Crippen molar-refractivity contribution in [3.05, 3.63) is 16.4 Å². The molecule has 0 bridgehead atoms. The fourth-order valence-electron chi connectivity index (χ4n) is 2.79. The summed E-state index contributed by atoms with van der Waals surface area (Å²) >= 11 is 6.22. The van der Waals surface area contributed by atoms with E-state index >= 15 is 0 Å². The number of carbonyl (C=O) groups excluding carboxylic acids is 1. The minimum Gasteiger partial charge on any atom is -0.396 e. The molecule has 112 valence electrons. The van der Waals surface area contributed by atoms with Crippen LogP contribution in [0.25, 0.3) is 0 Å². The van der Waals surface area contributed by atoms with Crippen molar-refractivity contribution in [1.82, 2.24) is 14.7 Å². The maximum absolute atomic E-state index is 12.7. The van der Waals surface area contributed by atoms with Gasteiger partial charge in [-0.3, -0.25) is 9.48 Å². The number of amides is 1. The quantitative estimate of drug-likeness (QED) is 0.927. The molecule has 1 aromatic rings. The van der Waals surface area contributed by atoms with Gasteiger partial charge in [0.2, 0.25) is 0 Å². The normalized spacial score (nSPS) is 23.1. The highest BCUT2D eigenvalue weighted by Crippen LogP contribution is 2.31. The average molecular weight is 300 g/mol. The summed E-state index contributed by atoms with van der Waals surface area (Å²) < 4.78 is 1.54. The number of hydrogen-bond donors (Lipinski definition) is 1. The zero-order valence-corrected chi connectivity index (χ0v) is 13.1. The Labute approximate surface area is 124 Å². The number of nitrogens with zero attached hydrogens (tertiary/aromatic N) is 3. The molecule has 0 radical (unpaired) electrons. The van der Waals surface area contributed by atoms with Gasteiger partial charge in [0.25, 0.3) is 5.91 Å². The number of carbonyl (C=O) groups is 1. The molecular formula is C14H22ClN3O2. The first-order valence-electron chi connectivity index (χ1n) is 7.03. The summed E-state index contributed by atoms with van der Waals surface area (Å²) in [6.07, 6.45) is 2.52. The van der Waals surface area contributed by atoms with E-state index in [9.17, 15) is 9.90 Å². The lowest BCUT2D eigenvalue weighted by Gasteiger charge is -2.39. The predicted octanol–water partition coefficient (Wildman–Crippen LogP) is 1.87. The third-order valence-corrected chi connectivity index (χ3v) is 4.48. The van der Waals surface area contributed by atoms with Crippen molar-refractivity contribution in [2.75, 3.05) is 19.7 Å². The highest BCUT2D eigenvalue weighted by molar-refractivity contribution is 6.33. The van der Waals surface area contributed by atoms with Crippen molar-refractivity contribution in [3.63, 3.8) is 0 Å². The SMILES string of the molecule is CCc1nn(C)c(Cl)c1C(=O)N1CCCC(C)(CO)C1. The molecule has 1 N–H and O–H groups in total. The fourth-order valence-corrected chi connectivity index (χ4v) is 3.02. The fraction of sp³-hybridized carbons (Fsp3) is 0.714. The van der Waals surface area contributed by atoms with E-state index in [2.05, 4.69) is 5.10 Å². The first-order chi connectivity index (χ1) is 9.41. The maximum atomic E-state index is 12.7. The summed E-state index contributed by atoms with van der Waals surface area (Å²) in [6.45, 7) is 5.35. The lowest BCUT2D eigenvalue weighted by atomic mass is 9.82. The summed E-state index contributed by atoms with van der Waals surface area (Å²) in [4.78, 5) is 14.5. The smallest absolute Gasteiger partial charge is 0.258 e. The summed E-state index contributed by atoms with van der Waals surface area (Å²) in [5.74, 6) is -0.0701. The van der Waals surface area contributed by atoms with Crippen LogP contribution >= 0.6 is 11.6 Å². The molecule has 1 aliphatic rings. The number of rotatable bonds is 3. The van der Waals surface area contributed by atoms with Crippen molar-refractivity contribution in [3.8, 4) is 0 Å². The predicted molar refractivity (Wildman–Crippen MR) is 77.9 cm³/mol. The van der Waals surface area contributed by atoms with Crippen molar-refractivity contribution < 1.29 is 9.90 Å². The standard InChI is InChI=1S/C14H22ClN3O2/c1-4-10-11(12(15)17(3)16-10)13(20)18-7-5-6-14(2,8-18)9-19/h19H,4-9H2,1-3H3. The van der Waals surface area contributed by atoms with E-state index in [1.165, 1.54) is 0 Å². The molecule has 2 heterocycles. The van der Waals surface area contributed by atoms with Crippen LogP contribution in [-0.2, 0) is 13.5 Å². The Morgan fingerprint density at radius 1 is 1.55 bits per heavy atom. The minimum absolute atomic E-state index is 0.0701. The Morgan fingerprint density at radius 2 is 2.25 bits per heavy atom. The molecule has 0 spiro atoms. The van der Waals surface area contributed by atoms with Gasteiger partial charge in [0.05, 0.1) is 17.9 Å². The number of halogens is 1. The molecule has 1 unspecified atom stereocenters. The first-order valence-corrected chi connectivity index (χ1v) is 7.41. The highest BCUT2D eigenvalue weighted by Gasteiger charge is 2.34. The van der Waals surface area contributed by atoms with Crippen LogP contribution in [-0.4, -0.2) is 45.4 Å². The van der Waals surface area contributed by atoms with Crippen LogP contribution in [0.2, 0.25) is 5.15 Å². The van der Waals surface area contributed by atoms with Crippen LogP contribution < -0.4 is 0 Å². The molecular weight excluding hydrogens is 278 g/mol. The molecule has 1 fully saturated rings. The number of aliphatic hydroxyl groups is 1. The zero-order chi connectivity index (χ0) is 14.9. The van der Waals surface area contributed by atoms with E-state index in [0.29, 0.717) is 30.2 Å². The summed E-state index contributed by atoms with van der Waals surface area (Å²) in [6, 6.07) is 0. The third-order valence-electron chi connectivity index (χ3n) is 4.05. The van der Waals surface area contributed by atoms with Crippen LogP contribution in [0.3, 0.4) is 0 Å². The molecule has 5 nitrogen and oxygen atoms in total. The number of aryl methyl sites for hydroxylation is 2. The number of piperidine rings is 1. The van der Waals surface area contributed by atoms with Gasteiger partial charge in [-0.25, -0.2) is 0 Å². The second-order valence-corrected chi connectivity index (χ2v) is 6.25. The molecule has 0 saturated carbocycles.